The molecule has 0 radical (unpaired) electrons. The molecule has 0 bridgehead atoms. The quantitative estimate of drug-likeness (QED) is 0.761. The van der Waals surface area contributed by atoms with Gasteiger partial charge in [-0.2, -0.15) is 0 Å². The fourth-order valence-electron chi connectivity index (χ4n) is 2.89. The van der Waals surface area contributed by atoms with Crippen molar-refractivity contribution in [1.29, 1.82) is 0 Å². The van der Waals surface area contributed by atoms with Crippen molar-refractivity contribution in [2.75, 3.05) is 25.1 Å². The van der Waals surface area contributed by atoms with Gasteiger partial charge in [0.2, 0.25) is 0 Å². The molecule has 0 saturated carbocycles. The van der Waals surface area contributed by atoms with Crippen LogP contribution in [0, 0.1) is 5.82 Å². The molecule has 2 amide bonds. The fraction of sp³-hybridized carbons (Fsp3) is 0.263. The van der Waals surface area contributed by atoms with Gasteiger partial charge >= 0.3 is 12.0 Å². The highest BCUT2D eigenvalue weighted by atomic mass is 19.1. The average Bonchev–Trinajstić information content (AvgIpc) is 3.16. The van der Waals surface area contributed by atoms with Gasteiger partial charge in [0.15, 0.2) is 0 Å². The van der Waals surface area contributed by atoms with Crippen LogP contribution < -0.4 is 15.5 Å². The molecule has 0 aliphatic carbocycles. The number of esters is 1. The van der Waals surface area contributed by atoms with Gasteiger partial charge in [-0.1, -0.05) is 0 Å². The maximum atomic E-state index is 13.2. The molecule has 1 aromatic carbocycles. The van der Waals surface area contributed by atoms with Crippen LogP contribution in [0.1, 0.15) is 18.7 Å². The molecule has 1 atom stereocenters. The van der Waals surface area contributed by atoms with Crippen LogP contribution in [0.3, 0.4) is 0 Å². The minimum atomic E-state index is -0.760. The lowest BCUT2D eigenvalue weighted by atomic mass is 10.00. The Labute approximate surface area is 155 Å². The van der Waals surface area contributed by atoms with Crippen LogP contribution in [-0.2, 0) is 9.53 Å². The molecule has 0 fully saturated rings. The van der Waals surface area contributed by atoms with E-state index in [2.05, 4.69) is 10.6 Å². The van der Waals surface area contributed by atoms with Crippen molar-refractivity contribution in [3.8, 4) is 0 Å². The molecule has 2 heterocycles. The van der Waals surface area contributed by atoms with Gasteiger partial charge < -0.3 is 24.7 Å². The third kappa shape index (κ3) is 4.11. The Balaban J connectivity index is 1.97. The van der Waals surface area contributed by atoms with E-state index in [4.69, 9.17) is 9.15 Å². The summed E-state index contributed by atoms with van der Waals surface area (Å²) in [5, 5.41) is 5.37. The Morgan fingerprint density at radius 2 is 2.04 bits per heavy atom. The first kappa shape index (κ1) is 18.5. The first-order chi connectivity index (χ1) is 13.0. The number of urea groups is 1. The van der Waals surface area contributed by atoms with Gasteiger partial charge in [0.05, 0.1) is 30.7 Å². The topological polar surface area (TPSA) is 83.8 Å². The maximum absolute atomic E-state index is 13.2. The molecule has 2 aromatic rings. The van der Waals surface area contributed by atoms with Crippen molar-refractivity contribution in [2.24, 2.45) is 0 Å². The number of carbonyl (C=O) groups excluding carboxylic acids is 2. The summed E-state index contributed by atoms with van der Waals surface area (Å²) >= 11 is 0. The minimum Gasteiger partial charge on any atom is -0.467 e. The number of nitrogens with one attached hydrogen (secondary N) is 2. The second kappa shape index (κ2) is 7.94. The van der Waals surface area contributed by atoms with Gasteiger partial charge in [-0.25, -0.2) is 14.0 Å². The van der Waals surface area contributed by atoms with Gasteiger partial charge in [-0.05, 0) is 43.3 Å². The largest absolute Gasteiger partial charge is 0.467 e. The molecular weight excluding hydrogens is 353 g/mol. The number of hydrogen-bond acceptors (Lipinski definition) is 5. The minimum absolute atomic E-state index is 0.197. The summed E-state index contributed by atoms with van der Waals surface area (Å²) in [6, 6.07) is 8.07. The summed E-state index contributed by atoms with van der Waals surface area (Å²) < 4.78 is 23.7. The highest BCUT2D eigenvalue weighted by Crippen LogP contribution is 2.29. The molecule has 1 aliphatic rings. The summed E-state index contributed by atoms with van der Waals surface area (Å²) in [5.74, 6) is -0.463. The average molecular weight is 373 g/mol. The van der Waals surface area contributed by atoms with E-state index in [1.165, 1.54) is 18.4 Å². The van der Waals surface area contributed by atoms with Crippen molar-refractivity contribution in [3.63, 3.8) is 0 Å². The van der Waals surface area contributed by atoms with E-state index in [0.717, 1.165) is 5.69 Å². The molecule has 7 nitrogen and oxygen atoms in total. The molecule has 0 spiro atoms. The molecule has 8 heteroatoms. The summed E-state index contributed by atoms with van der Waals surface area (Å²) in [5.41, 5.74) is 1.39. The SMILES string of the molecule is CCOC(=O)C1=C(CN(C)c2ccc(F)cc2)NC(=O)NC1c1ccco1. The summed E-state index contributed by atoms with van der Waals surface area (Å²) in [6.07, 6.45) is 1.47. The van der Waals surface area contributed by atoms with Crippen LogP contribution in [0.5, 0.6) is 0 Å². The highest BCUT2D eigenvalue weighted by molar-refractivity contribution is 5.95. The molecule has 2 N–H and O–H groups in total. The van der Waals surface area contributed by atoms with E-state index in [1.807, 2.05) is 0 Å². The van der Waals surface area contributed by atoms with E-state index < -0.39 is 18.0 Å². The summed E-state index contributed by atoms with van der Waals surface area (Å²) in [6.45, 7) is 2.12. The zero-order valence-electron chi connectivity index (χ0n) is 15.0. The van der Waals surface area contributed by atoms with Crippen LogP contribution >= 0.6 is 0 Å². The first-order valence-electron chi connectivity index (χ1n) is 8.47. The van der Waals surface area contributed by atoms with Crippen LogP contribution in [0.2, 0.25) is 0 Å². The van der Waals surface area contributed by atoms with Crippen LogP contribution in [-0.4, -0.2) is 32.2 Å². The molecule has 27 heavy (non-hydrogen) atoms. The predicted molar refractivity (Wildman–Crippen MR) is 96.4 cm³/mol. The van der Waals surface area contributed by atoms with Gasteiger partial charge in [-0.3, -0.25) is 0 Å². The first-order valence-corrected chi connectivity index (χ1v) is 8.47. The zero-order chi connectivity index (χ0) is 19.4. The molecular formula is C19H20FN3O4. The fourth-order valence-corrected chi connectivity index (χ4v) is 2.89. The highest BCUT2D eigenvalue weighted by Gasteiger charge is 2.35. The molecule has 0 saturated heterocycles. The number of rotatable bonds is 6. The Morgan fingerprint density at radius 3 is 2.67 bits per heavy atom. The lowest BCUT2D eigenvalue weighted by Crippen LogP contribution is -2.48. The smallest absolute Gasteiger partial charge is 0.338 e. The normalized spacial score (nSPS) is 16.6. The van der Waals surface area contributed by atoms with Crippen molar-refractivity contribution < 1.29 is 23.1 Å². The monoisotopic (exact) mass is 373 g/mol. The molecule has 3 rings (SSSR count). The van der Waals surface area contributed by atoms with E-state index in [1.54, 1.807) is 43.1 Å². The van der Waals surface area contributed by atoms with E-state index in [9.17, 15) is 14.0 Å². The maximum Gasteiger partial charge on any atom is 0.338 e. The number of benzene rings is 1. The molecule has 1 aromatic heterocycles. The number of furan rings is 1. The number of likely N-dealkylation sites (N-methyl/N-ethyl adjacent to an activating group) is 1. The predicted octanol–water partition coefficient (Wildman–Crippen LogP) is 2.73. The van der Waals surface area contributed by atoms with Gasteiger partial charge in [-0.15, -0.1) is 0 Å². The Hall–Kier alpha value is -3.29. The lowest BCUT2D eigenvalue weighted by molar-refractivity contribution is -0.139. The number of halogens is 1. The number of nitrogens with zero attached hydrogens (tertiary/aromatic N) is 1. The number of hydrogen-bond donors (Lipinski definition) is 2. The van der Waals surface area contributed by atoms with Gasteiger partial charge in [0.1, 0.15) is 17.6 Å². The molecule has 1 unspecified atom stereocenters. The van der Waals surface area contributed by atoms with Crippen molar-refractivity contribution in [2.45, 2.75) is 13.0 Å². The van der Waals surface area contributed by atoms with Crippen molar-refractivity contribution in [1.82, 2.24) is 10.6 Å². The van der Waals surface area contributed by atoms with Crippen molar-refractivity contribution >= 4 is 17.7 Å². The summed E-state index contributed by atoms with van der Waals surface area (Å²) in [7, 11) is 1.78. The summed E-state index contributed by atoms with van der Waals surface area (Å²) in [4.78, 5) is 26.5. The second-order valence-electron chi connectivity index (χ2n) is 5.99. The number of ether oxygens (including phenoxy) is 1. The number of amides is 2. The van der Waals surface area contributed by atoms with E-state index in [0.29, 0.717) is 11.5 Å². The zero-order valence-corrected chi connectivity index (χ0v) is 15.0. The van der Waals surface area contributed by atoms with Crippen LogP contribution in [0.4, 0.5) is 14.9 Å². The Kier molecular flexibility index (Phi) is 5.44. The standard InChI is InChI=1S/C19H20FN3O4/c1-3-26-18(24)16-14(11-23(2)13-8-6-12(20)7-9-13)21-19(25)22-17(16)15-5-4-10-27-15/h4-10,17H,3,11H2,1-2H3,(H2,21,22,25). The van der Waals surface area contributed by atoms with Crippen LogP contribution in [0.15, 0.2) is 58.3 Å². The second-order valence-corrected chi connectivity index (χ2v) is 5.99. The van der Waals surface area contributed by atoms with Gasteiger partial charge in [0.25, 0.3) is 0 Å². The number of carbonyl (C=O) groups is 2. The third-order valence-electron chi connectivity index (χ3n) is 4.14. The lowest BCUT2D eigenvalue weighted by Gasteiger charge is -2.30. The molecule has 142 valence electrons. The Morgan fingerprint density at radius 1 is 1.30 bits per heavy atom. The number of anilines is 1. The van der Waals surface area contributed by atoms with Crippen molar-refractivity contribution in [3.05, 3.63) is 65.5 Å². The molecule has 1 aliphatic heterocycles. The van der Waals surface area contributed by atoms with E-state index in [-0.39, 0.29) is 24.5 Å². The van der Waals surface area contributed by atoms with E-state index >= 15 is 0 Å². The van der Waals surface area contributed by atoms with Crippen LogP contribution in [0.25, 0.3) is 0 Å². The Bertz CT molecular complexity index is 846. The third-order valence-corrected chi connectivity index (χ3v) is 4.14. The van der Waals surface area contributed by atoms with Gasteiger partial charge in [0, 0.05) is 12.7 Å².